The number of hydrogen-bond acceptors (Lipinski definition) is 3. The topological polar surface area (TPSA) is 41.6 Å². The smallest absolute Gasteiger partial charge is 0.378 e. The number of anilines is 2. The number of morpholine rings is 1. The number of ether oxygens (including phenoxy) is 1. The Balaban J connectivity index is 1.89. The summed E-state index contributed by atoms with van der Waals surface area (Å²) < 4.78 is 46.4. The zero-order valence-corrected chi connectivity index (χ0v) is 16.4. The van der Waals surface area contributed by atoms with Crippen molar-refractivity contribution in [3.63, 3.8) is 0 Å². The van der Waals surface area contributed by atoms with E-state index in [1.807, 2.05) is 17.0 Å². The fourth-order valence-electron chi connectivity index (χ4n) is 2.93. The molecule has 28 heavy (non-hydrogen) atoms. The molecule has 1 aliphatic heterocycles. The highest BCUT2D eigenvalue weighted by molar-refractivity contribution is 9.10. The van der Waals surface area contributed by atoms with E-state index in [1.165, 1.54) is 24.3 Å². The van der Waals surface area contributed by atoms with Crippen LogP contribution >= 0.6 is 15.9 Å². The van der Waals surface area contributed by atoms with Crippen LogP contribution in [0.25, 0.3) is 5.57 Å². The van der Waals surface area contributed by atoms with Crippen LogP contribution in [0.1, 0.15) is 5.56 Å². The minimum atomic E-state index is -4.65. The summed E-state index contributed by atoms with van der Waals surface area (Å²) in [5, 5.41) is 2.59. The summed E-state index contributed by atoms with van der Waals surface area (Å²) in [5.41, 5.74) is 0.120. The van der Waals surface area contributed by atoms with Gasteiger partial charge in [-0.25, -0.2) is 0 Å². The van der Waals surface area contributed by atoms with Crippen LogP contribution < -0.4 is 10.2 Å². The Morgan fingerprint density at radius 1 is 1.11 bits per heavy atom. The number of nitrogens with zero attached hydrogens (tertiary/aromatic N) is 1. The minimum absolute atomic E-state index is 0.0622. The highest BCUT2D eigenvalue weighted by Crippen LogP contribution is 2.34. The molecule has 3 rings (SSSR count). The van der Waals surface area contributed by atoms with E-state index in [2.05, 4.69) is 21.2 Å². The summed E-state index contributed by atoms with van der Waals surface area (Å²) >= 11 is 3.34. The molecule has 1 fully saturated rings. The second kappa shape index (κ2) is 8.79. The van der Waals surface area contributed by atoms with Gasteiger partial charge in [0.15, 0.2) is 0 Å². The molecule has 2 aromatic rings. The quantitative estimate of drug-likeness (QED) is 0.670. The van der Waals surface area contributed by atoms with Crippen molar-refractivity contribution in [3.8, 4) is 0 Å². The third-order valence-corrected chi connectivity index (χ3v) is 4.73. The lowest BCUT2D eigenvalue weighted by atomic mass is 10.1. The first kappa shape index (κ1) is 20.4. The lowest BCUT2D eigenvalue weighted by Gasteiger charge is -2.30. The van der Waals surface area contributed by atoms with Gasteiger partial charge < -0.3 is 15.0 Å². The van der Waals surface area contributed by atoms with E-state index < -0.39 is 17.7 Å². The molecule has 0 atom stereocenters. The van der Waals surface area contributed by atoms with Crippen LogP contribution in [-0.2, 0) is 9.53 Å². The molecule has 4 nitrogen and oxygen atoms in total. The second-order valence-corrected chi connectivity index (χ2v) is 7.09. The van der Waals surface area contributed by atoms with Crippen LogP contribution in [0.3, 0.4) is 0 Å². The number of carbonyl (C=O) groups is 1. The number of benzene rings is 2. The van der Waals surface area contributed by atoms with Crippen LogP contribution in [0.2, 0.25) is 0 Å². The zero-order valence-electron chi connectivity index (χ0n) is 14.8. The largest absolute Gasteiger partial charge is 0.417 e. The van der Waals surface area contributed by atoms with Crippen molar-refractivity contribution in [2.45, 2.75) is 6.18 Å². The molecule has 8 heteroatoms. The summed E-state index contributed by atoms with van der Waals surface area (Å²) in [6, 6.07) is 12.6. The Kier molecular flexibility index (Phi) is 6.41. The molecular weight excluding hydrogens is 437 g/mol. The zero-order chi connectivity index (χ0) is 20.1. The number of alkyl halides is 3. The van der Waals surface area contributed by atoms with E-state index in [1.54, 1.807) is 12.1 Å². The highest BCUT2D eigenvalue weighted by Gasteiger charge is 2.35. The normalized spacial score (nSPS) is 15.4. The number of rotatable bonds is 4. The van der Waals surface area contributed by atoms with Gasteiger partial charge in [0, 0.05) is 23.6 Å². The molecule has 0 saturated carbocycles. The predicted octanol–water partition coefficient (Wildman–Crippen LogP) is 4.87. The Morgan fingerprint density at radius 3 is 2.43 bits per heavy atom. The van der Waals surface area contributed by atoms with Crippen molar-refractivity contribution in [2.75, 3.05) is 36.5 Å². The van der Waals surface area contributed by atoms with Crippen molar-refractivity contribution in [1.29, 1.82) is 0 Å². The van der Waals surface area contributed by atoms with Gasteiger partial charge in [-0.1, -0.05) is 46.3 Å². The molecule has 0 spiro atoms. The lowest BCUT2D eigenvalue weighted by Crippen LogP contribution is -2.36. The van der Waals surface area contributed by atoms with Crippen LogP contribution in [-0.4, -0.2) is 38.4 Å². The molecule has 1 amide bonds. The lowest BCUT2D eigenvalue weighted by molar-refractivity contribution is -0.112. The van der Waals surface area contributed by atoms with Gasteiger partial charge >= 0.3 is 6.18 Å². The van der Waals surface area contributed by atoms with E-state index in [4.69, 9.17) is 4.74 Å². The average molecular weight is 455 g/mol. The molecule has 1 N–H and O–H groups in total. The Morgan fingerprint density at radius 2 is 1.79 bits per heavy atom. The molecule has 0 unspecified atom stereocenters. The van der Waals surface area contributed by atoms with Gasteiger partial charge in [-0.05, 0) is 23.8 Å². The van der Waals surface area contributed by atoms with Gasteiger partial charge in [0.2, 0.25) is 5.91 Å². The van der Waals surface area contributed by atoms with Crippen molar-refractivity contribution in [3.05, 3.63) is 64.6 Å². The van der Waals surface area contributed by atoms with Crippen LogP contribution in [0.5, 0.6) is 0 Å². The summed E-state index contributed by atoms with van der Waals surface area (Å²) in [7, 11) is 0. The van der Waals surface area contributed by atoms with Gasteiger partial charge in [-0.3, -0.25) is 4.79 Å². The number of nitrogens with one attached hydrogen (secondary N) is 1. The van der Waals surface area contributed by atoms with Gasteiger partial charge in [-0.2, -0.15) is 13.2 Å². The molecule has 1 aliphatic rings. The molecule has 0 aromatic heterocycles. The molecule has 0 aliphatic carbocycles. The molecular formula is C20H18BrF3N2O2. The number of carbonyl (C=O) groups excluding carboxylic acids is 1. The standard InChI is InChI=1S/C20H18BrF3N2O2/c21-15-6-7-18(26-8-10-28-11-9-26)17(12-15)25-19(27)13-16(20(22,23)24)14-4-2-1-3-5-14/h1-7,12-13H,8-11H2,(H,25,27)/b16-13+. The minimum Gasteiger partial charge on any atom is -0.378 e. The van der Waals surface area contributed by atoms with Gasteiger partial charge in [0.05, 0.1) is 30.2 Å². The van der Waals surface area contributed by atoms with E-state index >= 15 is 0 Å². The third-order valence-electron chi connectivity index (χ3n) is 4.23. The molecule has 148 valence electrons. The molecule has 0 bridgehead atoms. The highest BCUT2D eigenvalue weighted by atomic mass is 79.9. The van der Waals surface area contributed by atoms with Gasteiger partial charge in [0.25, 0.3) is 0 Å². The Labute approximate surface area is 169 Å². The number of halogens is 4. The van der Waals surface area contributed by atoms with Crippen LogP contribution in [0.15, 0.2) is 59.1 Å². The number of allylic oxidation sites excluding steroid dienone is 1. The first-order valence-electron chi connectivity index (χ1n) is 8.62. The van der Waals surface area contributed by atoms with Crippen molar-refractivity contribution >= 4 is 38.8 Å². The van der Waals surface area contributed by atoms with E-state index in [9.17, 15) is 18.0 Å². The van der Waals surface area contributed by atoms with E-state index in [-0.39, 0.29) is 5.56 Å². The molecule has 0 radical (unpaired) electrons. The summed E-state index contributed by atoms with van der Waals surface area (Å²) in [5.74, 6) is -0.844. The first-order valence-corrected chi connectivity index (χ1v) is 9.41. The SMILES string of the molecule is O=C(/C=C(\c1ccccc1)C(F)(F)F)Nc1cc(Br)ccc1N1CCOCC1. The maximum absolute atomic E-state index is 13.5. The summed E-state index contributed by atoms with van der Waals surface area (Å²) in [6.07, 6.45) is -4.05. The summed E-state index contributed by atoms with van der Waals surface area (Å²) in [6.45, 7) is 2.38. The monoisotopic (exact) mass is 454 g/mol. The summed E-state index contributed by atoms with van der Waals surface area (Å²) in [4.78, 5) is 14.5. The van der Waals surface area contributed by atoms with Crippen molar-refractivity contribution < 1.29 is 22.7 Å². The Hall–Kier alpha value is -2.32. The number of hydrogen-bond donors (Lipinski definition) is 1. The van der Waals surface area contributed by atoms with Crippen molar-refractivity contribution in [1.82, 2.24) is 0 Å². The fourth-order valence-corrected chi connectivity index (χ4v) is 3.30. The maximum Gasteiger partial charge on any atom is 0.417 e. The first-order chi connectivity index (χ1) is 13.3. The average Bonchev–Trinajstić information content (AvgIpc) is 2.67. The fraction of sp³-hybridized carbons (Fsp3) is 0.250. The molecule has 1 saturated heterocycles. The third kappa shape index (κ3) is 5.14. The maximum atomic E-state index is 13.5. The number of amides is 1. The van der Waals surface area contributed by atoms with Crippen LogP contribution in [0, 0.1) is 0 Å². The van der Waals surface area contributed by atoms with Gasteiger partial charge in [-0.15, -0.1) is 0 Å². The molecule has 2 aromatic carbocycles. The van der Waals surface area contributed by atoms with Crippen molar-refractivity contribution in [2.24, 2.45) is 0 Å². The van der Waals surface area contributed by atoms with E-state index in [0.29, 0.717) is 42.5 Å². The van der Waals surface area contributed by atoms with Gasteiger partial charge in [0.1, 0.15) is 0 Å². The van der Waals surface area contributed by atoms with E-state index in [0.717, 1.165) is 5.69 Å². The Bertz CT molecular complexity index is 863. The second-order valence-electron chi connectivity index (χ2n) is 6.17. The molecule has 1 heterocycles. The van der Waals surface area contributed by atoms with Crippen LogP contribution in [0.4, 0.5) is 24.5 Å². The predicted molar refractivity (Wildman–Crippen MR) is 106 cm³/mol.